The van der Waals surface area contributed by atoms with Crippen molar-refractivity contribution in [3.8, 4) is 11.4 Å². The van der Waals surface area contributed by atoms with E-state index in [1.165, 1.54) is 0 Å². The summed E-state index contributed by atoms with van der Waals surface area (Å²) in [6.07, 6.45) is 3.74. The summed E-state index contributed by atoms with van der Waals surface area (Å²) in [6, 6.07) is 3.67. The molecule has 30 heavy (non-hydrogen) atoms. The minimum Gasteiger partial charge on any atom is -0.444 e. The topological polar surface area (TPSA) is 115 Å². The second kappa shape index (κ2) is 7.43. The van der Waals surface area contributed by atoms with Crippen molar-refractivity contribution in [2.45, 2.75) is 39.7 Å². The van der Waals surface area contributed by atoms with E-state index in [1.807, 2.05) is 39.1 Å². The molecule has 4 heterocycles. The average molecular weight is 412 g/mol. The first-order valence-electron chi connectivity index (χ1n) is 9.76. The van der Waals surface area contributed by atoms with Crippen LogP contribution in [0, 0.1) is 12.8 Å². The van der Waals surface area contributed by atoms with E-state index in [4.69, 9.17) is 9.26 Å². The summed E-state index contributed by atoms with van der Waals surface area (Å²) in [5.74, 6) is 0.936. The predicted octanol–water partition coefficient (Wildman–Crippen LogP) is 2.89. The lowest BCUT2D eigenvalue weighted by Crippen LogP contribution is -2.36. The number of nitrogens with one attached hydrogen (secondary N) is 1. The van der Waals surface area contributed by atoms with Crippen molar-refractivity contribution in [2.24, 2.45) is 5.92 Å². The van der Waals surface area contributed by atoms with Crippen molar-refractivity contribution in [1.29, 1.82) is 0 Å². The SMILES string of the molecule is Cc1nc(-c2ccn3cc(NC(=O)[C@H]4CCN(C(=O)OC(C)(C)C)C4)nc3c2)no1. The van der Waals surface area contributed by atoms with Crippen molar-refractivity contribution >= 4 is 23.5 Å². The number of carbonyl (C=O) groups is 2. The lowest BCUT2D eigenvalue weighted by atomic mass is 10.1. The molecule has 0 spiro atoms. The van der Waals surface area contributed by atoms with E-state index >= 15 is 0 Å². The van der Waals surface area contributed by atoms with Crippen LogP contribution in [0.5, 0.6) is 0 Å². The summed E-state index contributed by atoms with van der Waals surface area (Å²) in [5, 5.41) is 6.75. The highest BCUT2D eigenvalue weighted by molar-refractivity contribution is 5.92. The van der Waals surface area contributed by atoms with Gasteiger partial charge in [-0.25, -0.2) is 9.78 Å². The Labute approximate surface area is 173 Å². The van der Waals surface area contributed by atoms with Gasteiger partial charge >= 0.3 is 6.09 Å². The van der Waals surface area contributed by atoms with E-state index in [2.05, 4.69) is 20.4 Å². The van der Waals surface area contributed by atoms with Gasteiger partial charge in [0.1, 0.15) is 11.2 Å². The van der Waals surface area contributed by atoms with E-state index in [0.29, 0.717) is 42.7 Å². The van der Waals surface area contributed by atoms with Crippen molar-refractivity contribution in [2.75, 3.05) is 18.4 Å². The van der Waals surface area contributed by atoms with Gasteiger partial charge in [-0.15, -0.1) is 0 Å². The van der Waals surface area contributed by atoms with Crippen LogP contribution >= 0.6 is 0 Å². The fourth-order valence-corrected chi connectivity index (χ4v) is 3.29. The first-order chi connectivity index (χ1) is 14.2. The third-order valence-electron chi connectivity index (χ3n) is 4.71. The number of hydrogen-bond acceptors (Lipinski definition) is 7. The van der Waals surface area contributed by atoms with Crippen LogP contribution in [-0.4, -0.2) is 55.1 Å². The van der Waals surface area contributed by atoms with E-state index in [0.717, 1.165) is 5.56 Å². The molecule has 1 aliphatic rings. The molecular formula is C20H24N6O4. The van der Waals surface area contributed by atoms with Crippen LogP contribution in [0.3, 0.4) is 0 Å². The van der Waals surface area contributed by atoms with Crippen LogP contribution < -0.4 is 5.32 Å². The molecule has 1 atom stereocenters. The van der Waals surface area contributed by atoms with Gasteiger partial charge < -0.3 is 23.9 Å². The first kappa shape index (κ1) is 19.9. The number of aryl methyl sites for hydroxylation is 1. The van der Waals surface area contributed by atoms with Crippen LogP contribution in [0.25, 0.3) is 17.0 Å². The lowest BCUT2D eigenvalue weighted by molar-refractivity contribution is -0.119. The summed E-state index contributed by atoms with van der Waals surface area (Å²) in [4.78, 5) is 35.1. The van der Waals surface area contributed by atoms with Crippen LogP contribution in [-0.2, 0) is 9.53 Å². The lowest BCUT2D eigenvalue weighted by Gasteiger charge is -2.24. The average Bonchev–Trinajstić information content (AvgIpc) is 3.38. The van der Waals surface area contributed by atoms with Gasteiger partial charge in [0.05, 0.1) is 12.1 Å². The number of anilines is 1. The summed E-state index contributed by atoms with van der Waals surface area (Å²) in [5.41, 5.74) is 0.853. The van der Waals surface area contributed by atoms with Crippen molar-refractivity contribution in [1.82, 2.24) is 24.4 Å². The molecule has 1 fully saturated rings. The molecule has 1 saturated heterocycles. The Balaban J connectivity index is 1.41. The fraction of sp³-hybridized carbons (Fsp3) is 0.450. The quantitative estimate of drug-likeness (QED) is 0.703. The van der Waals surface area contributed by atoms with E-state index in [9.17, 15) is 9.59 Å². The maximum Gasteiger partial charge on any atom is 0.410 e. The Hall–Kier alpha value is -3.43. The zero-order valence-electron chi connectivity index (χ0n) is 17.4. The van der Waals surface area contributed by atoms with E-state index in [1.54, 1.807) is 22.4 Å². The molecule has 0 aromatic carbocycles. The van der Waals surface area contributed by atoms with Gasteiger partial charge in [0.25, 0.3) is 0 Å². The minimum atomic E-state index is -0.562. The maximum atomic E-state index is 12.7. The summed E-state index contributed by atoms with van der Waals surface area (Å²) in [6.45, 7) is 8.01. The second-order valence-corrected chi connectivity index (χ2v) is 8.35. The summed E-state index contributed by atoms with van der Waals surface area (Å²) in [7, 11) is 0. The smallest absolute Gasteiger partial charge is 0.410 e. The number of amides is 2. The van der Waals surface area contributed by atoms with Crippen LogP contribution in [0.15, 0.2) is 29.0 Å². The maximum absolute atomic E-state index is 12.7. The van der Waals surface area contributed by atoms with Gasteiger partial charge in [-0.2, -0.15) is 4.98 Å². The van der Waals surface area contributed by atoms with E-state index < -0.39 is 11.7 Å². The Morgan fingerprint density at radius 1 is 1.30 bits per heavy atom. The molecule has 0 aliphatic carbocycles. The summed E-state index contributed by atoms with van der Waals surface area (Å²) >= 11 is 0. The molecule has 3 aromatic rings. The molecule has 3 aromatic heterocycles. The molecule has 1 N–H and O–H groups in total. The fourth-order valence-electron chi connectivity index (χ4n) is 3.29. The standard InChI is InChI=1S/C20H24N6O4/c1-12-21-17(24-30-12)13-5-7-25-11-15(22-16(25)9-13)23-18(27)14-6-8-26(10-14)19(28)29-20(2,3)4/h5,7,9,11,14H,6,8,10H2,1-4H3,(H,23,27)/t14-/m0/s1. The number of nitrogens with zero attached hydrogens (tertiary/aromatic N) is 5. The molecule has 0 bridgehead atoms. The van der Waals surface area contributed by atoms with Gasteiger partial charge in [-0.05, 0) is 39.3 Å². The number of hydrogen-bond donors (Lipinski definition) is 1. The normalized spacial score (nSPS) is 16.8. The zero-order chi connectivity index (χ0) is 21.5. The molecule has 4 rings (SSSR count). The molecule has 2 amide bonds. The Kier molecular flexibility index (Phi) is 4.92. The number of ether oxygens (including phenoxy) is 1. The number of carbonyl (C=O) groups excluding carboxylic acids is 2. The monoisotopic (exact) mass is 412 g/mol. The van der Waals surface area contributed by atoms with Crippen molar-refractivity contribution in [3.63, 3.8) is 0 Å². The Bertz CT molecular complexity index is 1100. The molecule has 0 saturated carbocycles. The highest BCUT2D eigenvalue weighted by Gasteiger charge is 2.33. The molecule has 10 nitrogen and oxygen atoms in total. The number of fused-ring (bicyclic) bond motifs is 1. The third-order valence-corrected chi connectivity index (χ3v) is 4.71. The third kappa shape index (κ3) is 4.27. The molecule has 0 unspecified atom stereocenters. The number of imidazole rings is 1. The first-order valence-corrected chi connectivity index (χ1v) is 9.76. The second-order valence-electron chi connectivity index (χ2n) is 8.35. The van der Waals surface area contributed by atoms with Gasteiger partial charge in [0.15, 0.2) is 5.82 Å². The number of likely N-dealkylation sites (tertiary alicyclic amines) is 1. The highest BCUT2D eigenvalue weighted by Crippen LogP contribution is 2.22. The van der Waals surface area contributed by atoms with Gasteiger partial charge in [-0.1, -0.05) is 5.16 Å². The highest BCUT2D eigenvalue weighted by atomic mass is 16.6. The molecular weight excluding hydrogens is 388 g/mol. The van der Waals surface area contributed by atoms with E-state index in [-0.39, 0.29) is 11.8 Å². The predicted molar refractivity (Wildman–Crippen MR) is 108 cm³/mol. The zero-order valence-corrected chi connectivity index (χ0v) is 17.4. The van der Waals surface area contributed by atoms with Gasteiger partial charge in [-0.3, -0.25) is 4.79 Å². The Morgan fingerprint density at radius 2 is 2.10 bits per heavy atom. The minimum absolute atomic E-state index is 0.168. The van der Waals surface area contributed by atoms with Gasteiger partial charge in [0, 0.05) is 31.8 Å². The van der Waals surface area contributed by atoms with Crippen molar-refractivity contribution in [3.05, 3.63) is 30.4 Å². The molecule has 10 heteroatoms. The van der Waals surface area contributed by atoms with Crippen molar-refractivity contribution < 1.29 is 18.8 Å². The Morgan fingerprint density at radius 3 is 2.80 bits per heavy atom. The largest absolute Gasteiger partial charge is 0.444 e. The molecule has 158 valence electrons. The van der Waals surface area contributed by atoms with Crippen LogP contribution in [0.4, 0.5) is 10.6 Å². The number of rotatable bonds is 3. The number of aromatic nitrogens is 4. The van der Waals surface area contributed by atoms with Crippen LogP contribution in [0.2, 0.25) is 0 Å². The van der Waals surface area contributed by atoms with Crippen LogP contribution in [0.1, 0.15) is 33.1 Å². The summed E-state index contributed by atoms with van der Waals surface area (Å²) < 4.78 is 12.2. The molecule has 1 aliphatic heterocycles. The molecule has 0 radical (unpaired) electrons. The number of pyridine rings is 1. The van der Waals surface area contributed by atoms with Gasteiger partial charge in [0.2, 0.25) is 17.6 Å².